The molecule has 4 heterocycles. The minimum Gasteiger partial charge on any atom is -0.463 e. The lowest BCUT2D eigenvalue weighted by Crippen LogP contribution is -2.62. The fourth-order valence-electron chi connectivity index (χ4n) is 7.82. The van der Waals surface area contributed by atoms with E-state index in [1.54, 1.807) is 0 Å². The van der Waals surface area contributed by atoms with Gasteiger partial charge in [0.1, 0.15) is 18.8 Å². The van der Waals surface area contributed by atoms with Crippen LogP contribution in [0.3, 0.4) is 0 Å². The van der Waals surface area contributed by atoms with Crippen LogP contribution < -0.4 is 5.32 Å². The number of hydrogen-bond acceptors (Lipinski definition) is 16. The lowest BCUT2D eigenvalue weighted by atomic mass is 9.92. The maximum Gasteiger partial charge on any atom is 0.303 e. The molecule has 2 aromatic carbocycles. The van der Waals surface area contributed by atoms with E-state index in [1.807, 2.05) is 48.5 Å². The maximum atomic E-state index is 12.3. The number of thiocarbonyl (C=S) groups is 1. The molecule has 0 amide bonds. The second-order valence-corrected chi connectivity index (χ2v) is 15.4. The molecule has 0 radical (unpaired) electrons. The average Bonchev–Trinajstić information content (AvgIpc) is 3.64. The Morgan fingerprint density at radius 3 is 2.07 bits per heavy atom. The highest BCUT2D eigenvalue weighted by molar-refractivity contribution is 7.80. The molecule has 2 N–H and O–H groups in total. The summed E-state index contributed by atoms with van der Waals surface area (Å²) in [7, 11) is 0. The summed E-state index contributed by atoms with van der Waals surface area (Å²) in [5.74, 6) is -3.22. The van der Waals surface area contributed by atoms with Crippen LogP contribution in [0.1, 0.15) is 82.5 Å². The third-order valence-corrected chi connectivity index (χ3v) is 10.7. The van der Waals surface area contributed by atoms with E-state index in [1.165, 1.54) is 20.8 Å². The SMILES string of the molecule is CC(=O)OC[C@H]1O[C@@H](CC(=S)Nc2cccc(C3O[C@H](CN4CCC5(CC4)OCCO5)C[C@H](c4ccc(CO)cc4)O3)c2)[C@H](OC(C)=O)[C@@H](OC(C)=O)[C@@H]1OC(C)=O. The third-order valence-electron chi connectivity index (χ3n) is 10.4. The zero-order valence-electron chi connectivity index (χ0n) is 33.1. The van der Waals surface area contributed by atoms with E-state index in [4.69, 9.17) is 54.8 Å². The molecule has 0 saturated carbocycles. The van der Waals surface area contributed by atoms with Gasteiger partial charge in [-0.3, -0.25) is 19.2 Å². The van der Waals surface area contributed by atoms with Crippen LogP contribution in [-0.2, 0) is 68.4 Å². The van der Waals surface area contributed by atoms with Crippen molar-refractivity contribution in [2.45, 2.75) is 115 Å². The molecular weight excluding hydrogens is 777 g/mol. The number of hydrogen-bond donors (Lipinski definition) is 2. The van der Waals surface area contributed by atoms with Crippen LogP contribution in [0.15, 0.2) is 48.5 Å². The molecule has 4 aliphatic rings. The second-order valence-electron chi connectivity index (χ2n) is 14.9. The van der Waals surface area contributed by atoms with Crippen molar-refractivity contribution < 1.29 is 66.9 Å². The molecule has 1 unspecified atom stereocenters. The Hall–Kier alpha value is -4.07. The molecule has 16 nitrogen and oxygen atoms in total. The number of nitrogens with zero attached hydrogens (tertiary/aromatic N) is 1. The first-order valence-electron chi connectivity index (χ1n) is 19.5. The number of ether oxygens (including phenoxy) is 9. The highest BCUT2D eigenvalue weighted by atomic mass is 32.1. The van der Waals surface area contributed by atoms with Crippen molar-refractivity contribution in [1.82, 2.24) is 4.90 Å². The summed E-state index contributed by atoms with van der Waals surface area (Å²) in [6, 6.07) is 15.2. The van der Waals surface area contributed by atoms with Crippen LogP contribution in [0.2, 0.25) is 0 Å². The van der Waals surface area contributed by atoms with Crippen LogP contribution in [0.5, 0.6) is 0 Å². The number of aliphatic hydroxyl groups is 1. The monoisotopic (exact) mass is 828 g/mol. The predicted octanol–water partition coefficient (Wildman–Crippen LogP) is 3.82. The Balaban J connectivity index is 1.18. The first kappa shape index (κ1) is 43.5. The van der Waals surface area contributed by atoms with E-state index in [0.717, 1.165) is 49.5 Å². The lowest BCUT2D eigenvalue weighted by Gasteiger charge is -2.44. The fourth-order valence-corrected chi connectivity index (χ4v) is 8.11. The van der Waals surface area contributed by atoms with E-state index in [9.17, 15) is 24.3 Å². The number of likely N-dealkylation sites (tertiary alicyclic amines) is 1. The van der Waals surface area contributed by atoms with Gasteiger partial charge < -0.3 is 58.0 Å². The minimum atomic E-state index is -1.30. The second kappa shape index (κ2) is 19.8. The van der Waals surface area contributed by atoms with Crippen LogP contribution >= 0.6 is 12.2 Å². The van der Waals surface area contributed by atoms with Gasteiger partial charge >= 0.3 is 23.9 Å². The van der Waals surface area contributed by atoms with Gasteiger partial charge in [-0.1, -0.05) is 48.6 Å². The van der Waals surface area contributed by atoms with Crippen molar-refractivity contribution in [2.75, 3.05) is 44.8 Å². The molecule has 2 aromatic rings. The number of benzene rings is 2. The maximum absolute atomic E-state index is 12.3. The van der Waals surface area contributed by atoms with Crippen molar-refractivity contribution in [3.63, 3.8) is 0 Å². The van der Waals surface area contributed by atoms with Gasteiger partial charge in [0.15, 0.2) is 30.4 Å². The van der Waals surface area contributed by atoms with Crippen LogP contribution in [0.25, 0.3) is 0 Å². The number of piperidine rings is 1. The summed E-state index contributed by atoms with van der Waals surface area (Å²) in [6.07, 6.45) is -4.90. The van der Waals surface area contributed by atoms with Crippen molar-refractivity contribution in [1.29, 1.82) is 0 Å². The Kier molecular flexibility index (Phi) is 14.8. The van der Waals surface area contributed by atoms with Gasteiger partial charge in [-0.25, -0.2) is 0 Å². The molecule has 58 heavy (non-hydrogen) atoms. The number of aliphatic hydroxyl groups excluding tert-OH is 1. The third kappa shape index (κ3) is 11.6. The quantitative estimate of drug-likeness (QED) is 0.168. The van der Waals surface area contributed by atoms with Gasteiger partial charge in [-0.15, -0.1) is 0 Å². The molecule has 0 aromatic heterocycles. The standard InChI is InChI=1S/C41H52N2O14S/c1-24(45)49-23-35-38(53-26(3)47)39(54-27(4)48)37(52-25(2)46)34(56-35)20-36(58)42-31-7-5-6-30(18-31)40-55-32(19-33(57-40)29-10-8-28(22-44)9-11-29)21-43-14-12-41(13-15-43)50-16-17-51-41/h5-11,18,32-35,37-40,44H,12-17,19-23H2,1-4H3,(H,42,58)/t32-,33+,34-,35+,37-,38+,39+,40?/m0/s1. The zero-order valence-corrected chi connectivity index (χ0v) is 33.9. The van der Waals surface area contributed by atoms with Gasteiger partial charge in [0.25, 0.3) is 0 Å². The van der Waals surface area contributed by atoms with E-state index in [2.05, 4.69) is 10.2 Å². The summed E-state index contributed by atoms with van der Waals surface area (Å²) in [5, 5.41) is 12.9. The molecule has 4 saturated heterocycles. The number of carbonyl (C=O) groups excluding carboxylic acids is 4. The number of esters is 4. The van der Waals surface area contributed by atoms with E-state index >= 15 is 0 Å². The molecule has 4 fully saturated rings. The van der Waals surface area contributed by atoms with E-state index < -0.39 is 66.5 Å². The first-order chi connectivity index (χ1) is 27.8. The van der Waals surface area contributed by atoms with Gasteiger partial charge in [-0.05, 0) is 23.3 Å². The molecule has 1 spiro atoms. The molecular formula is C41H52N2O14S. The summed E-state index contributed by atoms with van der Waals surface area (Å²) in [5.41, 5.74) is 3.14. The zero-order chi connectivity index (χ0) is 41.4. The fraction of sp³-hybridized carbons (Fsp3) is 0.585. The smallest absolute Gasteiger partial charge is 0.303 e. The van der Waals surface area contributed by atoms with Crippen molar-refractivity contribution in [3.05, 3.63) is 65.2 Å². The van der Waals surface area contributed by atoms with Crippen molar-refractivity contribution in [2.24, 2.45) is 0 Å². The average molecular weight is 829 g/mol. The summed E-state index contributed by atoms with van der Waals surface area (Å²) in [4.78, 5) is 51.1. The molecule has 8 atom stereocenters. The number of anilines is 1. The van der Waals surface area contributed by atoms with Crippen LogP contribution in [0, 0.1) is 0 Å². The molecule has 6 rings (SSSR count). The molecule has 0 aliphatic carbocycles. The first-order valence-corrected chi connectivity index (χ1v) is 19.9. The van der Waals surface area contributed by atoms with Gasteiger partial charge in [0, 0.05) is 84.3 Å². The lowest BCUT2D eigenvalue weighted by molar-refractivity contribution is -0.255. The van der Waals surface area contributed by atoms with Crippen LogP contribution in [0.4, 0.5) is 5.69 Å². The Bertz CT molecular complexity index is 1760. The highest BCUT2D eigenvalue weighted by Gasteiger charge is 2.52. The van der Waals surface area contributed by atoms with Gasteiger partial charge in [-0.2, -0.15) is 0 Å². The van der Waals surface area contributed by atoms with E-state index in [-0.39, 0.29) is 36.8 Å². The highest BCUT2D eigenvalue weighted by Crippen LogP contribution is 2.40. The number of carbonyl (C=O) groups is 4. The van der Waals surface area contributed by atoms with E-state index in [0.29, 0.717) is 31.9 Å². The van der Waals surface area contributed by atoms with Gasteiger partial charge in [0.05, 0.1) is 37.0 Å². The summed E-state index contributed by atoms with van der Waals surface area (Å²) >= 11 is 5.79. The molecule has 316 valence electrons. The Labute approximate surface area is 342 Å². The minimum absolute atomic E-state index is 0.0315. The summed E-state index contributed by atoms with van der Waals surface area (Å²) < 4.78 is 53.2. The molecule has 4 aliphatic heterocycles. The number of nitrogens with one attached hydrogen (secondary N) is 1. The molecule has 17 heteroatoms. The van der Waals surface area contributed by atoms with Crippen molar-refractivity contribution >= 4 is 46.8 Å². The number of rotatable bonds is 13. The van der Waals surface area contributed by atoms with Crippen LogP contribution in [-0.4, -0.2) is 121 Å². The topological polar surface area (TPSA) is 187 Å². The predicted molar refractivity (Wildman–Crippen MR) is 208 cm³/mol. The summed E-state index contributed by atoms with van der Waals surface area (Å²) in [6.45, 7) is 7.90. The Morgan fingerprint density at radius 2 is 1.45 bits per heavy atom. The normalized spacial score (nSPS) is 28.3. The largest absolute Gasteiger partial charge is 0.463 e. The molecule has 0 bridgehead atoms. The van der Waals surface area contributed by atoms with Gasteiger partial charge in [0.2, 0.25) is 0 Å². The Morgan fingerprint density at radius 1 is 0.810 bits per heavy atom. The van der Waals surface area contributed by atoms with Crippen molar-refractivity contribution in [3.8, 4) is 0 Å².